The third-order valence-corrected chi connectivity index (χ3v) is 4.85. The number of para-hydroxylation sites is 1. The van der Waals surface area contributed by atoms with E-state index in [1.54, 1.807) is 4.90 Å². The van der Waals surface area contributed by atoms with Gasteiger partial charge in [0, 0.05) is 31.7 Å². The molecule has 2 N–H and O–H groups in total. The van der Waals surface area contributed by atoms with E-state index in [2.05, 4.69) is 10.2 Å². The van der Waals surface area contributed by atoms with Crippen LogP contribution in [0.5, 0.6) is 0 Å². The van der Waals surface area contributed by atoms with Crippen LogP contribution in [0.4, 0.5) is 10.5 Å². The molecule has 0 spiro atoms. The summed E-state index contributed by atoms with van der Waals surface area (Å²) in [6.45, 7) is 2.16. The topological polar surface area (TPSA) is 55.8 Å². The van der Waals surface area contributed by atoms with Gasteiger partial charge in [0.25, 0.3) is 0 Å². The van der Waals surface area contributed by atoms with Gasteiger partial charge in [0.05, 0.1) is 17.3 Å². The zero-order valence-electron chi connectivity index (χ0n) is 13.2. The van der Waals surface area contributed by atoms with Gasteiger partial charge in [-0.3, -0.25) is 0 Å². The first-order valence-corrected chi connectivity index (χ1v) is 8.74. The summed E-state index contributed by atoms with van der Waals surface area (Å²) in [5.41, 5.74) is 1.03. The number of hydrogen-bond donors (Lipinski definition) is 2. The SMILES string of the molecule is O=C(NC1CCCN(c2ccccc2Cl)C1)N(CCO)C1CC1. The molecule has 2 amide bonds. The normalized spacial score (nSPS) is 21.1. The number of rotatable bonds is 5. The molecule has 1 unspecified atom stereocenters. The van der Waals surface area contributed by atoms with Crippen molar-refractivity contribution in [1.82, 2.24) is 10.2 Å². The van der Waals surface area contributed by atoms with Crippen LogP contribution < -0.4 is 10.2 Å². The van der Waals surface area contributed by atoms with Crippen LogP contribution in [-0.4, -0.2) is 54.4 Å². The predicted octanol–water partition coefficient (Wildman–Crippen LogP) is 2.48. The monoisotopic (exact) mass is 337 g/mol. The first kappa shape index (κ1) is 16.4. The molecule has 1 aromatic rings. The molecule has 0 radical (unpaired) electrons. The number of aliphatic hydroxyl groups excluding tert-OH is 1. The highest BCUT2D eigenvalue weighted by atomic mass is 35.5. The minimum absolute atomic E-state index is 0.0142. The molecule has 1 heterocycles. The smallest absolute Gasteiger partial charge is 0.318 e. The molecule has 126 valence electrons. The Hall–Kier alpha value is -1.46. The number of carbonyl (C=O) groups is 1. The van der Waals surface area contributed by atoms with E-state index in [9.17, 15) is 4.79 Å². The van der Waals surface area contributed by atoms with E-state index in [-0.39, 0.29) is 18.7 Å². The van der Waals surface area contributed by atoms with E-state index in [1.807, 2.05) is 24.3 Å². The Morgan fingerprint density at radius 1 is 1.35 bits per heavy atom. The molecule has 1 aromatic carbocycles. The molecular weight excluding hydrogens is 314 g/mol. The number of aliphatic hydroxyl groups is 1. The molecule has 3 rings (SSSR count). The lowest BCUT2D eigenvalue weighted by atomic mass is 10.0. The van der Waals surface area contributed by atoms with Gasteiger partial charge >= 0.3 is 6.03 Å². The maximum absolute atomic E-state index is 12.5. The standard InChI is InChI=1S/C17H24ClN3O2/c18-15-5-1-2-6-16(15)20-9-3-4-13(12-20)19-17(23)21(10-11-22)14-7-8-14/h1-2,5-6,13-14,22H,3-4,7-12H2,(H,19,23). The lowest BCUT2D eigenvalue weighted by molar-refractivity contribution is 0.169. The van der Waals surface area contributed by atoms with Gasteiger partial charge in [-0.05, 0) is 37.8 Å². The summed E-state index contributed by atoms with van der Waals surface area (Å²) in [7, 11) is 0. The number of benzene rings is 1. The molecular formula is C17H24ClN3O2. The van der Waals surface area contributed by atoms with Gasteiger partial charge in [0.2, 0.25) is 0 Å². The van der Waals surface area contributed by atoms with Gasteiger partial charge < -0.3 is 20.2 Å². The average Bonchev–Trinajstić information content (AvgIpc) is 3.38. The van der Waals surface area contributed by atoms with Crippen molar-refractivity contribution in [2.24, 2.45) is 0 Å². The maximum Gasteiger partial charge on any atom is 0.318 e. The summed E-state index contributed by atoms with van der Waals surface area (Å²) in [5, 5.41) is 13.0. The van der Waals surface area contributed by atoms with Gasteiger partial charge in [0.15, 0.2) is 0 Å². The molecule has 1 saturated carbocycles. The quantitative estimate of drug-likeness (QED) is 0.868. The van der Waals surface area contributed by atoms with Crippen molar-refractivity contribution in [1.29, 1.82) is 0 Å². The van der Waals surface area contributed by atoms with E-state index in [4.69, 9.17) is 16.7 Å². The molecule has 1 aliphatic heterocycles. The number of urea groups is 1. The molecule has 2 fully saturated rings. The van der Waals surface area contributed by atoms with Gasteiger partial charge in [0.1, 0.15) is 0 Å². The van der Waals surface area contributed by atoms with Gasteiger partial charge in [-0.25, -0.2) is 4.79 Å². The highest BCUT2D eigenvalue weighted by Crippen LogP contribution is 2.29. The van der Waals surface area contributed by atoms with E-state index in [0.29, 0.717) is 12.6 Å². The third kappa shape index (κ3) is 4.09. The average molecular weight is 338 g/mol. The van der Waals surface area contributed by atoms with E-state index < -0.39 is 0 Å². The number of piperidine rings is 1. The lowest BCUT2D eigenvalue weighted by Crippen LogP contribution is -2.52. The fourth-order valence-electron chi connectivity index (χ4n) is 3.22. The van der Waals surface area contributed by atoms with Crippen LogP contribution in [-0.2, 0) is 0 Å². The summed E-state index contributed by atoms with van der Waals surface area (Å²) >= 11 is 6.29. The van der Waals surface area contributed by atoms with Crippen LogP contribution in [0.25, 0.3) is 0 Å². The summed E-state index contributed by atoms with van der Waals surface area (Å²) in [4.78, 5) is 16.5. The van der Waals surface area contributed by atoms with E-state index in [1.165, 1.54) is 0 Å². The number of amides is 2. The molecule has 6 heteroatoms. The Labute approximate surface area is 142 Å². The Morgan fingerprint density at radius 2 is 2.13 bits per heavy atom. The Morgan fingerprint density at radius 3 is 2.83 bits per heavy atom. The number of hydrogen-bond acceptors (Lipinski definition) is 3. The second-order valence-electron chi connectivity index (χ2n) is 6.33. The summed E-state index contributed by atoms with van der Waals surface area (Å²) in [6.07, 6.45) is 4.09. The number of anilines is 1. The number of halogens is 1. The van der Waals surface area contributed by atoms with Crippen LogP contribution in [0.15, 0.2) is 24.3 Å². The first-order chi connectivity index (χ1) is 11.2. The molecule has 1 aliphatic carbocycles. The highest BCUT2D eigenvalue weighted by Gasteiger charge is 2.33. The largest absolute Gasteiger partial charge is 0.395 e. The van der Waals surface area contributed by atoms with Crippen molar-refractivity contribution in [3.8, 4) is 0 Å². The zero-order chi connectivity index (χ0) is 16.2. The fraction of sp³-hybridized carbons (Fsp3) is 0.588. The number of nitrogens with zero attached hydrogens (tertiary/aromatic N) is 2. The van der Waals surface area contributed by atoms with Crippen molar-refractivity contribution in [3.63, 3.8) is 0 Å². The highest BCUT2D eigenvalue weighted by molar-refractivity contribution is 6.33. The first-order valence-electron chi connectivity index (χ1n) is 8.36. The van der Waals surface area contributed by atoms with Crippen molar-refractivity contribution in [2.45, 2.75) is 37.8 Å². The van der Waals surface area contributed by atoms with Gasteiger partial charge in [-0.2, -0.15) is 0 Å². The van der Waals surface area contributed by atoms with Crippen molar-refractivity contribution in [2.75, 3.05) is 31.1 Å². The molecule has 0 aromatic heterocycles. The maximum atomic E-state index is 12.5. The molecule has 1 saturated heterocycles. The van der Waals surface area contributed by atoms with Gasteiger partial charge in [-0.1, -0.05) is 23.7 Å². The molecule has 1 atom stereocenters. The Balaban J connectivity index is 1.60. The van der Waals surface area contributed by atoms with Crippen LogP contribution in [0.3, 0.4) is 0 Å². The summed E-state index contributed by atoms with van der Waals surface area (Å²) in [6, 6.07) is 8.21. The zero-order valence-corrected chi connectivity index (χ0v) is 14.0. The van der Waals surface area contributed by atoms with E-state index in [0.717, 1.165) is 49.5 Å². The summed E-state index contributed by atoms with van der Waals surface area (Å²) < 4.78 is 0. The molecule has 2 aliphatic rings. The molecule has 23 heavy (non-hydrogen) atoms. The minimum atomic E-state index is -0.0486. The van der Waals surface area contributed by atoms with Crippen LogP contribution in [0, 0.1) is 0 Å². The number of nitrogens with one attached hydrogen (secondary N) is 1. The summed E-state index contributed by atoms with van der Waals surface area (Å²) in [5.74, 6) is 0. The predicted molar refractivity (Wildman–Crippen MR) is 92.0 cm³/mol. The second kappa shape index (κ2) is 7.41. The lowest BCUT2D eigenvalue weighted by Gasteiger charge is -2.36. The number of carbonyl (C=O) groups excluding carboxylic acids is 1. The van der Waals surface area contributed by atoms with Crippen LogP contribution in [0.2, 0.25) is 5.02 Å². The minimum Gasteiger partial charge on any atom is -0.395 e. The third-order valence-electron chi connectivity index (χ3n) is 4.53. The van der Waals surface area contributed by atoms with Gasteiger partial charge in [-0.15, -0.1) is 0 Å². The fourth-order valence-corrected chi connectivity index (χ4v) is 3.48. The Bertz CT molecular complexity index is 550. The van der Waals surface area contributed by atoms with Crippen LogP contribution >= 0.6 is 11.6 Å². The molecule has 5 nitrogen and oxygen atoms in total. The van der Waals surface area contributed by atoms with Crippen molar-refractivity contribution >= 4 is 23.3 Å². The Kier molecular flexibility index (Phi) is 5.28. The second-order valence-corrected chi connectivity index (χ2v) is 6.74. The van der Waals surface area contributed by atoms with Crippen molar-refractivity contribution in [3.05, 3.63) is 29.3 Å². The van der Waals surface area contributed by atoms with E-state index >= 15 is 0 Å². The van der Waals surface area contributed by atoms with Crippen LogP contribution in [0.1, 0.15) is 25.7 Å². The molecule has 0 bridgehead atoms. The van der Waals surface area contributed by atoms with Crippen molar-refractivity contribution < 1.29 is 9.90 Å².